The summed E-state index contributed by atoms with van der Waals surface area (Å²) in [5.41, 5.74) is -0.231. The van der Waals surface area contributed by atoms with Gasteiger partial charge in [0, 0.05) is 50.0 Å². The monoisotopic (exact) mass is 493 g/mol. The number of fused-ring (bicyclic) bond motifs is 1. The van der Waals surface area contributed by atoms with Crippen molar-refractivity contribution in [1.82, 2.24) is 9.80 Å². The summed E-state index contributed by atoms with van der Waals surface area (Å²) in [6.45, 7) is 3.39. The first-order valence-electron chi connectivity index (χ1n) is 12.5. The number of carbonyl (C=O) groups is 2. The molecule has 4 aliphatic heterocycles. The number of Topliss-reactive ketones (excluding diaryl/α,β-unsaturated/α-hetero) is 1. The lowest BCUT2D eigenvalue weighted by atomic mass is 9.63. The van der Waals surface area contributed by atoms with Gasteiger partial charge >= 0.3 is 12.2 Å². The van der Waals surface area contributed by atoms with Crippen molar-refractivity contribution in [2.45, 2.75) is 50.5 Å². The van der Waals surface area contributed by atoms with Gasteiger partial charge in [-0.15, -0.1) is 0 Å². The van der Waals surface area contributed by atoms with E-state index in [1.165, 1.54) is 12.1 Å². The molecule has 35 heavy (non-hydrogen) atoms. The van der Waals surface area contributed by atoms with E-state index in [9.17, 15) is 22.8 Å². The number of nitrogens with zero attached hydrogens (tertiary/aromatic N) is 3. The molecule has 0 unspecified atom stereocenters. The van der Waals surface area contributed by atoms with E-state index in [1.54, 1.807) is 9.80 Å². The van der Waals surface area contributed by atoms with Crippen LogP contribution in [-0.4, -0.2) is 79.7 Å². The summed E-state index contributed by atoms with van der Waals surface area (Å²) in [5.74, 6) is 0.529. The quantitative estimate of drug-likeness (QED) is 0.645. The van der Waals surface area contributed by atoms with Crippen LogP contribution in [0.15, 0.2) is 18.2 Å². The van der Waals surface area contributed by atoms with Crippen LogP contribution in [0.3, 0.4) is 0 Å². The molecule has 1 aromatic carbocycles. The van der Waals surface area contributed by atoms with Crippen LogP contribution in [-0.2, 0) is 15.7 Å². The number of likely N-dealkylation sites (tertiary alicyclic amines) is 2. The molecule has 2 atom stereocenters. The van der Waals surface area contributed by atoms with E-state index >= 15 is 0 Å². The van der Waals surface area contributed by atoms with Gasteiger partial charge in [-0.2, -0.15) is 13.2 Å². The molecule has 1 aliphatic carbocycles. The molecule has 190 valence electrons. The molecule has 0 radical (unpaired) electrons. The molecule has 5 aliphatic rings. The summed E-state index contributed by atoms with van der Waals surface area (Å²) >= 11 is 0. The van der Waals surface area contributed by atoms with E-state index in [4.69, 9.17) is 9.47 Å². The lowest BCUT2D eigenvalue weighted by Gasteiger charge is -2.57. The summed E-state index contributed by atoms with van der Waals surface area (Å²) in [5, 5.41) is 0. The fourth-order valence-corrected chi connectivity index (χ4v) is 6.23. The number of piperidine rings is 1. The highest BCUT2D eigenvalue weighted by molar-refractivity contribution is 5.81. The van der Waals surface area contributed by atoms with Gasteiger partial charge in [0.15, 0.2) is 5.78 Å². The van der Waals surface area contributed by atoms with Gasteiger partial charge in [-0.25, -0.2) is 4.79 Å². The number of carbonyl (C=O) groups excluding carboxylic acids is 2. The molecule has 7 nitrogen and oxygen atoms in total. The van der Waals surface area contributed by atoms with Gasteiger partial charge in [0.1, 0.15) is 18.5 Å². The third-order valence-electron chi connectivity index (χ3n) is 8.39. The van der Waals surface area contributed by atoms with Crippen LogP contribution in [0.25, 0.3) is 0 Å². The summed E-state index contributed by atoms with van der Waals surface area (Å²) < 4.78 is 52.5. The molecule has 4 heterocycles. The number of hydrogen-bond acceptors (Lipinski definition) is 5. The number of hydrogen-bond donors (Lipinski definition) is 0. The Morgan fingerprint density at radius 3 is 2.57 bits per heavy atom. The Kier molecular flexibility index (Phi) is 5.43. The first kappa shape index (κ1) is 22.9. The highest BCUT2D eigenvalue weighted by atomic mass is 19.4. The fraction of sp³-hybridized carbons (Fsp3) is 0.680. The van der Waals surface area contributed by atoms with E-state index in [-0.39, 0.29) is 47.6 Å². The zero-order valence-corrected chi connectivity index (χ0v) is 19.6. The van der Waals surface area contributed by atoms with Crippen LogP contribution >= 0.6 is 0 Å². The van der Waals surface area contributed by atoms with E-state index in [0.717, 1.165) is 31.7 Å². The van der Waals surface area contributed by atoms with Crippen molar-refractivity contribution in [3.05, 3.63) is 23.8 Å². The number of halogens is 3. The zero-order chi connectivity index (χ0) is 24.4. The molecule has 10 heteroatoms. The van der Waals surface area contributed by atoms with Crippen LogP contribution in [0, 0.1) is 11.3 Å². The normalized spacial score (nSPS) is 28.2. The molecule has 5 fully saturated rings. The lowest BCUT2D eigenvalue weighted by Crippen LogP contribution is -2.62. The van der Waals surface area contributed by atoms with Gasteiger partial charge in [0.25, 0.3) is 0 Å². The average molecular weight is 494 g/mol. The highest BCUT2D eigenvalue weighted by Crippen LogP contribution is 2.51. The van der Waals surface area contributed by atoms with E-state index in [1.807, 2.05) is 4.90 Å². The van der Waals surface area contributed by atoms with Crippen LogP contribution in [0.2, 0.25) is 0 Å². The van der Waals surface area contributed by atoms with Gasteiger partial charge in [-0.3, -0.25) is 4.79 Å². The van der Waals surface area contributed by atoms with Gasteiger partial charge in [-0.05, 0) is 31.4 Å². The van der Waals surface area contributed by atoms with Crippen LogP contribution in [0.1, 0.15) is 37.7 Å². The minimum absolute atomic E-state index is 0.0451. The van der Waals surface area contributed by atoms with Crippen molar-refractivity contribution in [2.75, 3.05) is 50.8 Å². The Bertz CT molecular complexity index is 1010. The van der Waals surface area contributed by atoms with Crippen molar-refractivity contribution < 1.29 is 32.2 Å². The lowest BCUT2D eigenvalue weighted by molar-refractivity contribution is -0.140. The predicted molar refractivity (Wildman–Crippen MR) is 120 cm³/mol. The highest BCUT2D eigenvalue weighted by Gasteiger charge is 2.49. The van der Waals surface area contributed by atoms with E-state index in [2.05, 4.69) is 0 Å². The summed E-state index contributed by atoms with van der Waals surface area (Å²) in [7, 11) is 0. The second-order valence-electron chi connectivity index (χ2n) is 10.9. The minimum Gasteiger partial charge on any atom is -0.487 e. The number of rotatable bonds is 3. The van der Waals surface area contributed by atoms with Crippen molar-refractivity contribution in [3.63, 3.8) is 0 Å². The van der Waals surface area contributed by atoms with E-state index < -0.39 is 11.7 Å². The Balaban J connectivity index is 1.06. The Hall–Kier alpha value is -2.49. The van der Waals surface area contributed by atoms with Gasteiger partial charge < -0.3 is 24.2 Å². The maximum absolute atomic E-state index is 13.6. The first-order chi connectivity index (χ1) is 16.7. The Labute approximate surface area is 202 Å². The molecule has 4 saturated heterocycles. The minimum atomic E-state index is -4.42. The largest absolute Gasteiger partial charge is 0.487 e. The number of benzene rings is 1. The second kappa shape index (κ2) is 8.28. The number of ketones is 1. The van der Waals surface area contributed by atoms with Crippen molar-refractivity contribution in [3.8, 4) is 5.75 Å². The Morgan fingerprint density at radius 1 is 1.11 bits per heavy atom. The Morgan fingerprint density at radius 2 is 1.89 bits per heavy atom. The van der Waals surface area contributed by atoms with Crippen molar-refractivity contribution in [2.24, 2.45) is 11.3 Å². The molecule has 6 rings (SSSR count). The van der Waals surface area contributed by atoms with Gasteiger partial charge in [0.2, 0.25) is 0 Å². The SMILES string of the molecule is O=C1CO[C@H]2CCN(C(=O)N3CC(Oc4ccc(C(F)(F)F)c(N5CC6(CCC6)C5)c4)C3)C[C@H]2C1. The summed E-state index contributed by atoms with van der Waals surface area (Å²) in [6.07, 6.45) is -0.109. The molecule has 1 saturated carbocycles. The third-order valence-corrected chi connectivity index (χ3v) is 8.39. The number of anilines is 1. The van der Waals surface area contributed by atoms with Crippen LogP contribution in [0.4, 0.5) is 23.7 Å². The maximum Gasteiger partial charge on any atom is 0.418 e. The molecular weight excluding hydrogens is 463 g/mol. The number of amides is 2. The fourth-order valence-electron chi connectivity index (χ4n) is 6.23. The van der Waals surface area contributed by atoms with Crippen LogP contribution in [0.5, 0.6) is 5.75 Å². The molecule has 0 aromatic heterocycles. The second-order valence-corrected chi connectivity index (χ2v) is 10.9. The van der Waals surface area contributed by atoms with Gasteiger partial charge in [0.05, 0.1) is 30.4 Å². The first-order valence-corrected chi connectivity index (χ1v) is 12.5. The third kappa shape index (κ3) is 4.23. The number of ether oxygens (including phenoxy) is 2. The predicted octanol–water partition coefficient (Wildman–Crippen LogP) is 3.56. The molecule has 1 spiro atoms. The number of urea groups is 1. The molecule has 0 N–H and O–H groups in total. The molecule has 0 bridgehead atoms. The van der Waals surface area contributed by atoms with Crippen molar-refractivity contribution in [1.29, 1.82) is 0 Å². The smallest absolute Gasteiger partial charge is 0.418 e. The van der Waals surface area contributed by atoms with Gasteiger partial charge in [-0.1, -0.05) is 6.42 Å². The summed E-state index contributed by atoms with van der Waals surface area (Å²) in [6, 6.07) is 3.90. The van der Waals surface area contributed by atoms with Crippen LogP contribution < -0.4 is 9.64 Å². The zero-order valence-electron chi connectivity index (χ0n) is 19.6. The standard InChI is InChI=1S/C25H30F3N3O4/c26-25(27,28)20-3-2-18(9-21(20)31-14-24(15-31)5-1-6-24)35-19-11-30(12-19)23(33)29-7-4-22-16(10-29)8-17(32)13-34-22/h2-3,9,16,19,22H,1,4-8,10-15H2/t16-,22+/m1/s1. The molecular formula is C25H30F3N3O4. The molecule has 2 amide bonds. The number of alkyl halides is 3. The van der Waals surface area contributed by atoms with E-state index in [0.29, 0.717) is 51.4 Å². The maximum atomic E-state index is 13.6. The topological polar surface area (TPSA) is 62.3 Å². The molecule has 1 aromatic rings. The van der Waals surface area contributed by atoms with Crippen molar-refractivity contribution >= 4 is 17.5 Å². The average Bonchev–Trinajstić information content (AvgIpc) is 2.72. The summed E-state index contributed by atoms with van der Waals surface area (Å²) in [4.78, 5) is 29.9.